The minimum Gasteiger partial charge on any atom is -0.462 e. The van der Waals surface area contributed by atoms with Gasteiger partial charge in [-0.2, -0.15) is 0 Å². The summed E-state index contributed by atoms with van der Waals surface area (Å²) in [5, 5.41) is 8.17. The lowest BCUT2D eigenvalue weighted by Crippen LogP contribution is -2.39. The lowest BCUT2D eigenvalue weighted by Gasteiger charge is -2.22. The fourth-order valence-corrected chi connectivity index (χ4v) is 3.49. The first-order valence-electron chi connectivity index (χ1n) is 7.44. The second-order valence-electron chi connectivity index (χ2n) is 5.28. The van der Waals surface area contributed by atoms with E-state index in [1.54, 1.807) is 6.92 Å². The normalized spacial score (nSPS) is 15.5. The summed E-state index contributed by atoms with van der Waals surface area (Å²) >= 11 is 1.35. The number of amides is 2. The average Bonchev–Trinajstić information content (AvgIpc) is 2.81. The molecule has 116 valence electrons. The van der Waals surface area contributed by atoms with E-state index >= 15 is 0 Å². The highest BCUT2D eigenvalue weighted by Gasteiger charge is 2.21. The molecule has 5 nitrogen and oxygen atoms in total. The van der Waals surface area contributed by atoms with Gasteiger partial charge in [0.1, 0.15) is 5.00 Å². The molecule has 0 unspecified atom stereocenters. The van der Waals surface area contributed by atoms with E-state index < -0.39 is 0 Å². The molecule has 1 aliphatic rings. The molecule has 0 aliphatic heterocycles. The molecule has 1 fully saturated rings. The highest BCUT2D eigenvalue weighted by molar-refractivity contribution is 7.15. The van der Waals surface area contributed by atoms with E-state index in [1.807, 2.05) is 12.3 Å². The lowest BCUT2D eigenvalue weighted by atomic mass is 9.96. The molecular weight excluding hydrogens is 288 g/mol. The van der Waals surface area contributed by atoms with Gasteiger partial charge in [0.05, 0.1) is 12.2 Å². The Morgan fingerprint density at radius 3 is 2.71 bits per heavy atom. The number of carbonyl (C=O) groups is 2. The van der Waals surface area contributed by atoms with Crippen LogP contribution in [0.4, 0.5) is 9.80 Å². The molecule has 1 aromatic rings. The highest BCUT2D eigenvalue weighted by atomic mass is 32.1. The molecule has 0 spiro atoms. The second-order valence-corrected chi connectivity index (χ2v) is 6.16. The predicted octanol–water partition coefficient (Wildman–Crippen LogP) is 3.69. The topological polar surface area (TPSA) is 67.4 Å². The van der Waals surface area contributed by atoms with Gasteiger partial charge in [0.15, 0.2) is 0 Å². The molecule has 6 heteroatoms. The van der Waals surface area contributed by atoms with Crippen molar-refractivity contribution in [1.29, 1.82) is 0 Å². The Hall–Kier alpha value is -1.56. The molecule has 0 aromatic carbocycles. The Morgan fingerprint density at radius 2 is 2.05 bits per heavy atom. The van der Waals surface area contributed by atoms with Crippen molar-refractivity contribution < 1.29 is 14.3 Å². The quantitative estimate of drug-likeness (QED) is 0.833. The molecule has 1 heterocycles. The number of hydrogen-bond acceptors (Lipinski definition) is 4. The van der Waals surface area contributed by atoms with Crippen molar-refractivity contribution in [1.82, 2.24) is 5.32 Å². The van der Waals surface area contributed by atoms with E-state index in [0.29, 0.717) is 17.2 Å². The van der Waals surface area contributed by atoms with Crippen LogP contribution < -0.4 is 10.6 Å². The summed E-state index contributed by atoms with van der Waals surface area (Å²) in [6, 6.07) is 0.000140. The standard InChI is InChI=1S/C15H22N2O3S/c1-3-20-14(18)12-10(2)9-21-13(12)17-15(19)16-11-7-5-4-6-8-11/h9,11H,3-8H2,1-2H3,(H2,16,17,19). The predicted molar refractivity (Wildman–Crippen MR) is 84.0 cm³/mol. The zero-order valence-corrected chi connectivity index (χ0v) is 13.3. The van der Waals surface area contributed by atoms with Gasteiger partial charge in [-0.1, -0.05) is 19.3 Å². The smallest absolute Gasteiger partial charge is 0.341 e. The number of nitrogens with one attached hydrogen (secondary N) is 2. The molecule has 1 saturated carbocycles. The summed E-state index contributed by atoms with van der Waals surface area (Å²) in [4.78, 5) is 24.0. The summed E-state index contributed by atoms with van der Waals surface area (Å²) in [5.41, 5.74) is 1.28. The van der Waals surface area contributed by atoms with Gasteiger partial charge in [0.25, 0.3) is 0 Å². The number of rotatable bonds is 4. The molecule has 21 heavy (non-hydrogen) atoms. The molecule has 0 radical (unpaired) electrons. The van der Waals surface area contributed by atoms with Gasteiger partial charge in [-0.15, -0.1) is 11.3 Å². The van der Waals surface area contributed by atoms with Crippen LogP contribution in [0.25, 0.3) is 0 Å². The molecule has 2 amide bonds. The summed E-state index contributed by atoms with van der Waals surface area (Å²) in [5.74, 6) is -0.385. The van der Waals surface area contributed by atoms with Crippen LogP contribution in [0.1, 0.15) is 54.9 Å². The van der Waals surface area contributed by atoms with Gasteiger partial charge in [-0.25, -0.2) is 9.59 Å². The van der Waals surface area contributed by atoms with Crippen LogP contribution in [0, 0.1) is 6.92 Å². The Morgan fingerprint density at radius 1 is 1.33 bits per heavy atom. The number of thiophene rings is 1. The number of aryl methyl sites for hydroxylation is 1. The minimum absolute atomic E-state index is 0.241. The minimum atomic E-state index is -0.385. The van der Waals surface area contributed by atoms with Gasteiger partial charge < -0.3 is 10.1 Å². The Balaban J connectivity index is 1.98. The van der Waals surface area contributed by atoms with Gasteiger partial charge >= 0.3 is 12.0 Å². The van der Waals surface area contributed by atoms with Crippen LogP contribution in [-0.4, -0.2) is 24.6 Å². The van der Waals surface area contributed by atoms with Crippen molar-refractivity contribution in [2.45, 2.75) is 52.0 Å². The fourth-order valence-electron chi connectivity index (χ4n) is 2.56. The maximum Gasteiger partial charge on any atom is 0.341 e. The summed E-state index contributed by atoms with van der Waals surface area (Å²) in [6.45, 7) is 3.93. The van der Waals surface area contributed by atoms with Crippen LogP contribution in [-0.2, 0) is 4.74 Å². The SMILES string of the molecule is CCOC(=O)c1c(C)csc1NC(=O)NC1CCCCC1. The van der Waals surface area contributed by atoms with Gasteiger partial charge in [-0.3, -0.25) is 5.32 Å². The molecule has 2 rings (SSSR count). The number of urea groups is 1. The number of anilines is 1. The van der Waals surface area contributed by atoms with Crippen molar-refractivity contribution in [3.63, 3.8) is 0 Å². The number of carbonyl (C=O) groups excluding carboxylic acids is 2. The first-order chi connectivity index (χ1) is 10.1. The summed E-state index contributed by atoms with van der Waals surface area (Å²) in [7, 11) is 0. The van der Waals surface area contributed by atoms with Gasteiger partial charge in [-0.05, 0) is 37.6 Å². The van der Waals surface area contributed by atoms with Crippen molar-refractivity contribution in [3.05, 3.63) is 16.5 Å². The Bertz CT molecular complexity index is 507. The largest absolute Gasteiger partial charge is 0.462 e. The van der Waals surface area contributed by atoms with E-state index in [2.05, 4.69) is 10.6 Å². The molecule has 0 atom stereocenters. The number of esters is 1. The van der Waals surface area contributed by atoms with Crippen molar-refractivity contribution >= 4 is 28.3 Å². The van der Waals surface area contributed by atoms with Crippen molar-refractivity contribution in [2.75, 3.05) is 11.9 Å². The molecule has 1 aromatic heterocycles. The number of ether oxygens (including phenoxy) is 1. The first-order valence-corrected chi connectivity index (χ1v) is 8.32. The van der Waals surface area contributed by atoms with E-state index in [4.69, 9.17) is 4.74 Å². The lowest BCUT2D eigenvalue weighted by molar-refractivity contribution is 0.0527. The van der Waals surface area contributed by atoms with Crippen molar-refractivity contribution in [3.8, 4) is 0 Å². The molecular formula is C15H22N2O3S. The zero-order valence-electron chi connectivity index (χ0n) is 12.5. The summed E-state index contributed by atoms with van der Waals surface area (Å²) in [6.07, 6.45) is 5.63. The average molecular weight is 310 g/mol. The van der Waals surface area contributed by atoms with Crippen LogP contribution in [0.3, 0.4) is 0 Å². The third-order valence-corrected chi connectivity index (χ3v) is 4.64. The maximum absolute atomic E-state index is 12.1. The molecule has 0 bridgehead atoms. The number of hydrogen-bond donors (Lipinski definition) is 2. The van der Waals surface area contributed by atoms with E-state index in [1.165, 1.54) is 17.8 Å². The molecule has 1 aliphatic carbocycles. The Kier molecular flexibility index (Phi) is 5.61. The fraction of sp³-hybridized carbons (Fsp3) is 0.600. The second kappa shape index (κ2) is 7.45. The molecule has 0 saturated heterocycles. The van der Waals surface area contributed by atoms with E-state index in [0.717, 1.165) is 31.2 Å². The van der Waals surface area contributed by atoms with Crippen LogP contribution in [0.5, 0.6) is 0 Å². The van der Waals surface area contributed by atoms with E-state index in [-0.39, 0.29) is 18.0 Å². The Labute approximate surface area is 129 Å². The van der Waals surface area contributed by atoms with Crippen LogP contribution in [0.2, 0.25) is 0 Å². The highest BCUT2D eigenvalue weighted by Crippen LogP contribution is 2.28. The maximum atomic E-state index is 12.1. The van der Waals surface area contributed by atoms with Crippen LogP contribution in [0.15, 0.2) is 5.38 Å². The van der Waals surface area contributed by atoms with Crippen molar-refractivity contribution in [2.24, 2.45) is 0 Å². The monoisotopic (exact) mass is 310 g/mol. The summed E-state index contributed by atoms with van der Waals surface area (Å²) < 4.78 is 5.04. The van der Waals surface area contributed by atoms with Crippen LogP contribution >= 0.6 is 11.3 Å². The third-order valence-electron chi connectivity index (χ3n) is 3.62. The third kappa shape index (κ3) is 4.20. The molecule has 2 N–H and O–H groups in total. The van der Waals surface area contributed by atoms with E-state index in [9.17, 15) is 9.59 Å². The first kappa shape index (κ1) is 15.8. The van der Waals surface area contributed by atoms with Gasteiger partial charge in [0, 0.05) is 6.04 Å². The zero-order chi connectivity index (χ0) is 15.2. The van der Waals surface area contributed by atoms with Gasteiger partial charge in [0.2, 0.25) is 0 Å².